The minimum atomic E-state index is -0.141. The van der Waals surface area contributed by atoms with E-state index in [2.05, 4.69) is 155 Å². The Morgan fingerprint density at radius 1 is 0.373 bits per heavy atom. The monoisotopic (exact) mass is 677 g/mol. The van der Waals surface area contributed by atoms with E-state index in [0.717, 1.165) is 60.6 Å². The van der Waals surface area contributed by atoms with Gasteiger partial charge in [0, 0.05) is 52.8 Å². The van der Waals surface area contributed by atoms with Gasteiger partial charge in [-0.25, -0.2) is 0 Å². The van der Waals surface area contributed by atoms with E-state index in [-0.39, 0.29) is 18.5 Å². The Balaban J connectivity index is 1.01. The van der Waals surface area contributed by atoms with Crippen LogP contribution in [0.15, 0.2) is 160 Å². The van der Waals surface area contributed by atoms with Crippen molar-refractivity contribution in [3.8, 4) is 11.1 Å². The molecule has 0 radical (unpaired) electrons. The van der Waals surface area contributed by atoms with E-state index in [1.54, 1.807) is 0 Å². The molecule has 10 aromatic rings. The van der Waals surface area contributed by atoms with E-state index >= 15 is 0 Å². The summed E-state index contributed by atoms with van der Waals surface area (Å²) in [6, 6.07) is 53.7. The summed E-state index contributed by atoms with van der Waals surface area (Å²) in [6.45, 7) is 0. The lowest BCUT2D eigenvalue weighted by Crippen LogP contribution is -2.54. The molecule has 4 heterocycles. The minimum Gasteiger partial charge on any atom is -0.455 e. The first kappa shape index (κ1) is 29.0. The lowest BCUT2D eigenvalue weighted by atomic mass is 9.99. The smallest absolute Gasteiger partial charge is 0.143 e. The molecule has 3 atom stereocenters. The SMILES string of the molecule is c1ccc(C2NC(c3ccc4c(c3)oc3c(-c5cccc6c5oc5ccccc56)cccc34)NC(c3ccc4sc5ccccc5c4c3)N2)cc1. The molecule has 0 spiro atoms. The number of furan rings is 2. The van der Waals surface area contributed by atoms with Crippen LogP contribution in [0.5, 0.6) is 0 Å². The third-order valence-corrected chi connectivity index (χ3v) is 11.6. The molecule has 5 nitrogen and oxygen atoms in total. The van der Waals surface area contributed by atoms with Crippen LogP contribution in [0.2, 0.25) is 0 Å². The molecule has 3 N–H and O–H groups in total. The zero-order valence-electron chi connectivity index (χ0n) is 27.4. The second-order valence-corrected chi connectivity index (χ2v) is 14.5. The van der Waals surface area contributed by atoms with Gasteiger partial charge >= 0.3 is 0 Å². The largest absolute Gasteiger partial charge is 0.455 e. The van der Waals surface area contributed by atoms with Crippen LogP contribution in [0.1, 0.15) is 35.2 Å². The molecule has 3 aromatic heterocycles. The lowest BCUT2D eigenvalue weighted by Gasteiger charge is -2.39. The van der Waals surface area contributed by atoms with Crippen molar-refractivity contribution >= 4 is 75.4 Å². The van der Waals surface area contributed by atoms with E-state index in [4.69, 9.17) is 8.83 Å². The van der Waals surface area contributed by atoms with E-state index in [1.165, 1.54) is 31.3 Å². The Bertz CT molecular complexity index is 2940. The summed E-state index contributed by atoms with van der Waals surface area (Å²) in [6.07, 6.45) is -0.302. The molecule has 0 bridgehead atoms. The third kappa shape index (κ3) is 4.65. The fraction of sp³-hybridized carbons (Fsp3) is 0.0667. The van der Waals surface area contributed by atoms with Gasteiger partial charge in [-0.05, 0) is 47.0 Å². The van der Waals surface area contributed by atoms with Gasteiger partial charge in [-0.2, -0.15) is 0 Å². The van der Waals surface area contributed by atoms with Gasteiger partial charge < -0.3 is 8.83 Å². The molecule has 1 aliphatic rings. The van der Waals surface area contributed by atoms with Crippen molar-refractivity contribution in [1.29, 1.82) is 0 Å². The molecule has 244 valence electrons. The van der Waals surface area contributed by atoms with Gasteiger partial charge in [0.05, 0.1) is 18.5 Å². The summed E-state index contributed by atoms with van der Waals surface area (Å²) >= 11 is 1.85. The van der Waals surface area contributed by atoms with E-state index < -0.39 is 0 Å². The predicted molar refractivity (Wildman–Crippen MR) is 210 cm³/mol. The highest BCUT2D eigenvalue weighted by Crippen LogP contribution is 2.42. The Labute approximate surface area is 297 Å². The van der Waals surface area contributed by atoms with Gasteiger partial charge in [0.15, 0.2) is 0 Å². The van der Waals surface area contributed by atoms with Crippen LogP contribution >= 0.6 is 11.3 Å². The van der Waals surface area contributed by atoms with Crippen LogP contribution in [-0.4, -0.2) is 0 Å². The molecular weight excluding hydrogens is 647 g/mol. The molecule has 1 fully saturated rings. The van der Waals surface area contributed by atoms with Crippen molar-refractivity contribution in [3.63, 3.8) is 0 Å². The molecule has 7 aromatic carbocycles. The molecule has 1 aliphatic heterocycles. The maximum atomic E-state index is 6.78. The maximum Gasteiger partial charge on any atom is 0.143 e. The van der Waals surface area contributed by atoms with Crippen LogP contribution in [0.3, 0.4) is 0 Å². The van der Waals surface area contributed by atoms with Crippen LogP contribution < -0.4 is 16.0 Å². The Hall–Kier alpha value is -5.76. The number of hydrogen-bond donors (Lipinski definition) is 3. The molecule has 6 heteroatoms. The summed E-state index contributed by atoms with van der Waals surface area (Å²) in [5, 5.41) is 18.6. The van der Waals surface area contributed by atoms with Crippen molar-refractivity contribution in [2.45, 2.75) is 18.5 Å². The summed E-state index contributed by atoms with van der Waals surface area (Å²) in [5.74, 6) is 0. The molecule has 0 aliphatic carbocycles. The van der Waals surface area contributed by atoms with Gasteiger partial charge in [0.2, 0.25) is 0 Å². The summed E-state index contributed by atoms with van der Waals surface area (Å²) in [4.78, 5) is 0. The first-order valence-corrected chi connectivity index (χ1v) is 18.2. The number of hydrogen-bond acceptors (Lipinski definition) is 6. The quantitative estimate of drug-likeness (QED) is 0.173. The number of thiophene rings is 1. The van der Waals surface area contributed by atoms with Crippen LogP contribution in [-0.2, 0) is 0 Å². The number of nitrogens with one attached hydrogen (secondary N) is 3. The van der Waals surface area contributed by atoms with Crippen LogP contribution in [0, 0.1) is 0 Å². The highest BCUT2D eigenvalue weighted by Gasteiger charge is 2.30. The molecular formula is C45H31N3O2S. The number of fused-ring (bicyclic) bond motifs is 9. The van der Waals surface area contributed by atoms with Crippen molar-refractivity contribution in [2.75, 3.05) is 0 Å². The fourth-order valence-corrected chi connectivity index (χ4v) is 9.04. The van der Waals surface area contributed by atoms with E-state index in [0.29, 0.717) is 0 Å². The summed E-state index contributed by atoms with van der Waals surface area (Å²) < 4.78 is 15.8. The van der Waals surface area contributed by atoms with Crippen molar-refractivity contribution in [3.05, 3.63) is 168 Å². The topological polar surface area (TPSA) is 62.4 Å². The molecule has 0 saturated carbocycles. The Morgan fingerprint density at radius 2 is 0.922 bits per heavy atom. The molecule has 51 heavy (non-hydrogen) atoms. The molecule has 11 rings (SSSR count). The average molecular weight is 678 g/mol. The van der Waals surface area contributed by atoms with Gasteiger partial charge in [0.25, 0.3) is 0 Å². The van der Waals surface area contributed by atoms with Gasteiger partial charge in [-0.3, -0.25) is 16.0 Å². The predicted octanol–water partition coefficient (Wildman–Crippen LogP) is 11.7. The standard InChI is InChI=1S/C45H31N3O2S/c1-2-10-26(11-3-1)43-46-44(27-21-23-40-36(24-27)31-13-5-7-19-39(31)51-40)48-45(47-43)28-20-22-30-33-15-9-17-35(42(33)50-38(30)25-28)34-16-8-14-32-29-12-4-6-18-37(29)49-41(32)34/h1-25,43-48H. The summed E-state index contributed by atoms with van der Waals surface area (Å²) in [5.41, 5.74) is 9.02. The van der Waals surface area contributed by atoms with Crippen LogP contribution in [0.4, 0.5) is 0 Å². The Kier molecular flexibility index (Phi) is 6.48. The first-order chi connectivity index (χ1) is 25.2. The minimum absolute atomic E-state index is 0.0698. The van der Waals surface area contributed by atoms with Gasteiger partial charge in [-0.1, -0.05) is 121 Å². The molecule has 3 unspecified atom stereocenters. The zero-order valence-corrected chi connectivity index (χ0v) is 28.2. The molecule has 1 saturated heterocycles. The second-order valence-electron chi connectivity index (χ2n) is 13.4. The van der Waals surface area contributed by atoms with Gasteiger partial charge in [-0.15, -0.1) is 11.3 Å². The average Bonchev–Trinajstić information content (AvgIpc) is 3.89. The Morgan fingerprint density at radius 3 is 1.69 bits per heavy atom. The van der Waals surface area contributed by atoms with Gasteiger partial charge in [0.1, 0.15) is 22.3 Å². The third-order valence-electron chi connectivity index (χ3n) is 10.4. The molecule has 0 amide bonds. The first-order valence-electron chi connectivity index (χ1n) is 17.4. The lowest BCUT2D eigenvalue weighted by molar-refractivity contribution is 0.203. The number of para-hydroxylation sites is 3. The highest BCUT2D eigenvalue weighted by atomic mass is 32.1. The highest BCUT2D eigenvalue weighted by molar-refractivity contribution is 7.25. The number of rotatable bonds is 4. The van der Waals surface area contributed by atoms with Crippen molar-refractivity contribution in [2.24, 2.45) is 0 Å². The second kappa shape index (κ2) is 11.4. The van der Waals surface area contributed by atoms with Crippen LogP contribution in [0.25, 0.3) is 75.2 Å². The fourth-order valence-electron chi connectivity index (χ4n) is 7.96. The normalized spacial score (nSPS) is 18.2. The van der Waals surface area contributed by atoms with E-state index in [9.17, 15) is 0 Å². The van der Waals surface area contributed by atoms with Crippen molar-refractivity contribution < 1.29 is 8.83 Å². The number of benzene rings is 7. The van der Waals surface area contributed by atoms with E-state index in [1.807, 2.05) is 23.5 Å². The summed E-state index contributed by atoms with van der Waals surface area (Å²) in [7, 11) is 0. The van der Waals surface area contributed by atoms with Crippen molar-refractivity contribution in [1.82, 2.24) is 16.0 Å². The zero-order chi connectivity index (χ0) is 33.5. The maximum absolute atomic E-state index is 6.78.